The van der Waals surface area contributed by atoms with E-state index in [-0.39, 0.29) is 23.8 Å². The number of primary amides is 1. The average Bonchev–Trinajstić information content (AvgIpc) is 3.55. The first kappa shape index (κ1) is 21.9. The number of hydrogen-bond donors (Lipinski definition) is 2. The Balaban J connectivity index is 1.50. The van der Waals surface area contributed by atoms with Gasteiger partial charge < -0.3 is 15.7 Å². The molecule has 1 aromatic heterocycles. The molecule has 2 aromatic carbocycles. The van der Waals surface area contributed by atoms with Gasteiger partial charge in [0.1, 0.15) is 17.7 Å². The molecule has 2 atom stereocenters. The van der Waals surface area contributed by atoms with Crippen LogP contribution in [0.1, 0.15) is 51.6 Å². The van der Waals surface area contributed by atoms with Gasteiger partial charge in [0.25, 0.3) is 0 Å². The summed E-state index contributed by atoms with van der Waals surface area (Å²) in [5.41, 5.74) is 9.29. The molecule has 0 spiro atoms. The van der Waals surface area contributed by atoms with Crippen LogP contribution in [0.5, 0.6) is 0 Å². The number of hydrogen-bond acceptors (Lipinski definition) is 4. The van der Waals surface area contributed by atoms with E-state index < -0.39 is 29.7 Å². The van der Waals surface area contributed by atoms with E-state index in [0.29, 0.717) is 41.9 Å². The van der Waals surface area contributed by atoms with Gasteiger partial charge in [-0.25, -0.2) is 8.78 Å². The molecule has 2 aliphatic carbocycles. The van der Waals surface area contributed by atoms with Crippen molar-refractivity contribution in [1.82, 2.24) is 14.7 Å². The Kier molecular flexibility index (Phi) is 5.00. The quantitative estimate of drug-likeness (QED) is 0.602. The van der Waals surface area contributed by atoms with Crippen LogP contribution in [0.3, 0.4) is 0 Å². The molecule has 35 heavy (non-hydrogen) atoms. The van der Waals surface area contributed by atoms with Crippen molar-refractivity contribution in [3.8, 4) is 11.3 Å². The first-order valence-electron chi connectivity index (χ1n) is 11.8. The van der Waals surface area contributed by atoms with Crippen molar-refractivity contribution in [3.05, 3.63) is 76.0 Å². The van der Waals surface area contributed by atoms with E-state index in [4.69, 9.17) is 10.8 Å². The maximum atomic E-state index is 14.5. The number of nitrogens with two attached hydrogens (primary N) is 1. The minimum atomic E-state index is -0.985. The van der Waals surface area contributed by atoms with Gasteiger partial charge in [0.15, 0.2) is 0 Å². The Labute approximate surface area is 200 Å². The number of halogens is 2. The van der Waals surface area contributed by atoms with Crippen molar-refractivity contribution in [2.75, 3.05) is 6.54 Å². The van der Waals surface area contributed by atoms with Gasteiger partial charge in [-0.1, -0.05) is 12.1 Å². The third-order valence-corrected chi connectivity index (χ3v) is 7.30. The van der Waals surface area contributed by atoms with E-state index in [1.807, 2.05) is 4.90 Å². The molecular weight excluding hydrogens is 454 g/mol. The van der Waals surface area contributed by atoms with Gasteiger partial charge in [-0.15, -0.1) is 0 Å². The fourth-order valence-electron chi connectivity index (χ4n) is 5.43. The third-order valence-electron chi connectivity index (χ3n) is 7.30. The van der Waals surface area contributed by atoms with Crippen molar-refractivity contribution in [2.24, 2.45) is 11.7 Å². The molecule has 3 aliphatic rings. The van der Waals surface area contributed by atoms with Gasteiger partial charge in [0.05, 0.1) is 11.8 Å². The maximum Gasteiger partial charge on any atom is 0.248 e. The predicted molar refractivity (Wildman–Crippen MR) is 122 cm³/mol. The summed E-state index contributed by atoms with van der Waals surface area (Å²) in [4.78, 5) is 26.4. The highest BCUT2D eigenvalue weighted by atomic mass is 19.1. The normalized spacial score (nSPS) is 21.1. The van der Waals surface area contributed by atoms with E-state index in [9.17, 15) is 23.5 Å². The molecular formula is C26H24F2N4O3. The van der Waals surface area contributed by atoms with Gasteiger partial charge in [-0.2, -0.15) is 5.10 Å². The Morgan fingerprint density at radius 3 is 2.66 bits per heavy atom. The summed E-state index contributed by atoms with van der Waals surface area (Å²) in [7, 11) is 0. The lowest BCUT2D eigenvalue weighted by molar-refractivity contribution is -0.133. The lowest BCUT2D eigenvalue weighted by Gasteiger charge is -2.29. The topological polar surface area (TPSA) is 101 Å². The summed E-state index contributed by atoms with van der Waals surface area (Å²) < 4.78 is 30.3. The summed E-state index contributed by atoms with van der Waals surface area (Å²) >= 11 is 0. The number of carbonyl (C=O) groups excluding carboxylic acids is 2. The second kappa shape index (κ2) is 7.98. The summed E-state index contributed by atoms with van der Waals surface area (Å²) in [5, 5.41) is 15.8. The molecule has 0 unspecified atom stereocenters. The minimum Gasteiger partial charge on any atom is -0.390 e. The molecule has 9 heteroatoms. The molecule has 0 bridgehead atoms. The van der Waals surface area contributed by atoms with Crippen LogP contribution >= 0.6 is 0 Å². The first-order chi connectivity index (χ1) is 16.8. The lowest BCUT2D eigenvalue weighted by Crippen LogP contribution is -2.38. The van der Waals surface area contributed by atoms with Crippen LogP contribution in [0.4, 0.5) is 8.78 Å². The molecule has 1 aliphatic heterocycles. The van der Waals surface area contributed by atoms with Crippen LogP contribution in [0, 0.1) is 17.6 Å². The van der Waals surface area contributed by atoms with E-state index in [2.05, 4.69) is 0 Å². The van der Waals surface area contributed by atoms with Gasteiger partial charge in [0.2, 0.25) is 11.8 Å². The van der Waals surface area contributed by atoms with E-state index in [1.54, 1.807) is 28.9 Å². The standard InChI is InChI=1S/C26H24F2N4O3/c27-16-9-18-17(20(28)10-16)11-22(33)24(18)32-21-6-7-31(26(35)13-4-5-13)12-19(21)23(30-32)14-2-1-3-15(8-14)25(29)34/h1-3,8-10,13,22,24,33H,4-7,11-12H2,(H2,29,34)/t22-,24+/m0/s1. The number of benzene rings is 2. The molecule has 2 amide bonds. The van der Waals surface area contributed by atoms with Gasteiger partial charge in [-0.05, 0) is 42.2 Å². The van der Waals surface area contributed by atoms with Crippen LogP contribution < -0.4 is 5.73 Å². The Morgan fingerprint density at radius 2 is 1.91 bits per heavy atom. The summed E-state index contributed by atoms with van der Waals surface area (Å²) in [6, 6.07) is 8.10. The fourth-order valence-corrected chi connectivity index (χ4v) is 5.43. The third kappa shape index (κ3) is 3.61. The van der Waals surface area contributed by atoms with Gasteiger partial charge in [-0.3, -0.25) is 14.3 Å². The highest BCUT2D eigenvalue weighted by Crippen LogP contribution is 2.41. The van der Waals surface area contributed by atoms with Crippen LogP contribution in [-0.4, -0.2) is 44.3 Å². The van der Waals surface area contributed by atoms with Crippen molar-refractivity contribution in [3.63, 3.8) is 0 Å². The number of rotatable bonds is 4. The lowest BCUT2D eigenvalue weighted by atomic mass is 9.98. The Morgan fingerprint density at radius 1 is 1.11 bits per heavy atom. The van der Waals surface area contributed by atoms with Crippen LogP contribution in [0.15, 0.2) is 36.4 Å². The predicted octanol–water partition coefficient (Wildman–Crippen LogP) is 2.73. The van der Waals surface area contributed by atoms with Gasteiger partial charge in [0, 0.05) is 60.3 Å². The zero-order chi connectivity index (χ0) is 24.4. The Bertz CT molecular complexity index is 1380. The summed E-state index contributed by atoms with van der Waals surface area (Å²) in [5.74, 6) is -1.77. The van der Waals surface area contributed by atoms with E-state index in [1.165, 1.54) is 6.07 Å². The maximum absolute atomic E-state index is 14.5. The monoisotopic (exact) mass is 478 g/mol. The van der Waals surface area contributed by atoms with Crippen molar-refractivity contribution in [2.45, 2.75) is 44.4 Å². The minimum absolute atomic E-state index is 0.0551. The highest BCUT2D eigenvalue weighted by molar-refractivity contribution is 5.94. The van der Waals surface area contributed by atoms with Crippen LogP contribution in [0.2, 0.25) is 0 Å². The van der Waals surface area contributed by atoms with E-state index >= 15 is 0 Å². The summed E-state index contributed by atoms with van der Waals surface area (Å²) in [6.45, 7) is 0.843. The average molecular weight is 478 g/mol. The van der Waals surface area contributed by atoms with Crippen LogP contribution in [0.25, 0.3) is 11.3 Å². The van der Waals surface area contributed by atoms with Crippen molar-refractivity contribution >= 4 is 11.8 Å². The first-order valence-corrected chi connectivity index (χ1v) is 11.8. The highest BCUT2D eigenvalue weighted by Gasteiger charge is 2.41. The zero-order valence-corrected chi connectivity index (χ0v) is 18.9. The molecule has 7 nitrogen and oxygen atoms in total. The molecule has 3 aromatic rings. The van der Waals surface area contributed by atoms with E-state index in [0.717, 1.165) is 30.2 Å². The molecule has 0 saturated heterocycles. The number of amides is 2. The van der Waals surface area contributed by atoms with Crippen molar-refractivity contribution < 1.29 is 23.5 Å². The molecule has 1 saturated carbocycles. The second-order valence-corrected chi connectivity index (χ2v) is 9.62. The molecule has 6 rings (SSSR count). The number of fused-ring (bicyclic) bond motifs is 2. The number of aliphatic hydroxyl groups excluding tert-OH is 1. The molecule has 3 N–H and O–H groups in total. The largest absolute Gasteiger partial charge is 0.390 e. The molecule has 0 radical (unpaired) electrons. The SMILES string of the molecule is NC(=O)c1cccc(-c2nn([C@@H]3c4cc(F)cc(F)c4C[C@@H]3O)c3c2CN(C(=O)C2CC2)CC3)c1. The van der Waals surface area contributed by atoms with Crippen LogP contribution in [-0.2, 0) is 24.2 Å². The number of carbonyl (C=O) groups is 2. The fraction of sp³-hybridized carbons (Fsp3) is 0.346. The molecule has 180 valence electrons. The Hall–Kier alpha value is -3.59. The van der Waals surface area contributed by atoms with Crippen molar-refractivity contribution in [1.29, 1.82) is 0 Å². The number of nitrogens with zero attached hydrogens (tertiary/aromatic N) is 3. The number of aliphatic hydroxyl groups is 1. The number of aromatic nitrogens is 2. The zero-order valence-electron chi connectivity index (χ0n) is 18.9. The molecule has 1 fully saturated rings. The smallest absolute Gasteiger partial charge is 0.248 e. The second-order valence-electron chi connectivity index (χ2n) is 9.62. The summed E-state index contributed by atoms with van der Waals surface area (Å²) in [6.07, 6.45) is 1.36. The van der Waals surface area contributed by atoms with Gasteiger partial charge >= 0.3 is 0 Å². The molecule has 2 heterocycles.